The van der Waals surface area contributed by atoms with Gasteiger partial charge in [-0.05, 0) is 45.7 Å². The predicted molar refractivity (Wildman–Crippen MR) is 210 cm³/mol. The molecule has 0 N–H and O–H groups in total. The first kappa shape index (κ1) is 40.1. The second-order valence-electron chi connectivity index (χ2n) is 13.0. The normalized spacial score (nSPS) is 14.1. The van der Waals surface area contributed by atoms with E-state index in [0.29, 0.717) is 5.92 Å². The van der Waals surface area contributed by atoms with E-state index in [2.05, 4.69) is 197 Å². The Bertz CT molecular complexity index is 2170. The van der Waals surface area contributed by atoms with Gasteiger partial charge in [0.25, 0.3) is 0 Å². The fourth-order valence-corrected chi connectivity index (χ4v) is 6.53. The van der Waals surface area contributed by atoms with Gasteiger partial charge in [-0.1, -0.05) is 141 Å². The Labute approximate surface area is 332 Å². The summed E-state index contributed by atoms with van der Waals surface area (Å²) in [7, 11) is 0. The fourth-order valence-electron chi connectivity index (χ4n) is 6.53. The van der Waals surface area contributed by atoms with Crippen LogP contribution in [0.15, 0.2) is 181 Å². The second-order valence-corrected chi connectivity index (χ2v) is 25.8. The average Bonchev–Trinajstić information content (AvgIpc) is 3.63. The van der Waals surface area contributed by atoms with Gasteiger partial charge < -0.3 is 24.8 Å². The summed E-state index contributed by atoms with van der Waals surface area (Å²) >= 11 is 1.45. The monoisotopic (exact) mass is 884 g/mol. The van der Waals surface area contributed by atoms with Crippen LogP contribution in [-0.2, 0) is 23.0 Å². The molecule has 0 nitrogen and oxygen atoms in total. The van der Waals surface area contributed by atoms with Gasteiger partial charge >= 0.3 is 41.6 Å². The summed E-state index contributed by atoms with van der Waals surface area (Å²) in [5.74, 6) is 0.426. The van der Waals surface area contributed by atoms with Crippen molar-refractivity contribution < 1.29 is 47.8 Å². The number of aryl methyl sites for hydroxylation is 1. The first-order valence-corrected chi connectivity index (χ1v) is 24.9. The van der Waals surface area contributed by atoms with Crippen LogP contribution in [0.1, 0.15) is 30.4 Å². The average molecular weight is 884 g/mol. The summed E-state index contributed by atoms with van der Waals surface area (Å²) in [5, 5.41) is 2.66. The number of benzene rings is 5. The molecular weight excluding hydrogens is 842 g/mol. The van der Waals surface area contributed by atoms with Crippen molar-refractivity contribution in [2.75, 3.05) is 0 Å². The van der Waals surface area contributed by atoms with Gasteiger partial charge in [0.2, 0.25) is 0 Å². The molecule has 51 heavy (non-hydrogen) atoms. The summed E-state index contributed by atoms with van der Waals surface area (Å²) in [6.07, 6.45) is 13.4. The molecule has 4 heteroatoms. The minimum Gasteiger partial charge on any atom is -1.00 e. The van der Waals surface area contributed by atoms with Gasteiger partial charge in [0, 0.05) is 0 Å². The summed E-state index contributed by atoms with van der Waals surface area (Å²) in [6, 6.07) is 50.0. The Kier molecular flexibility index (Phi) is 15.1. The minimum atomic E-state index is 0. The zero-order valence-corrected chi connectivity index (χ0v) is 35.7. The van der Waals surface area contributed by atoms with Gasteiger partial charge in [0.15, 0.2) is 0 Å². The smallest absolute Gasteiger partial charge is 0.0184 e. The fraction of sp³-hybridized carbons (Fsp3) is 0.128. The Hall–Kier alpha value is -3.66. The number of allylic oxidation sites excluding steroid dienone is 8. The molecule has 1 atom stereocenters. The van der Waals surface area contributed by atoms with Crippen LogP contribution in [0.5, 0.6) is 0 Å². The van der Waals surface area contributed by atoms with Crippen molar-refractivity contribution in [3.05, 3.63) is 198 Å². The zero-order valence-electron chi connectivity index (χ0n) is 29.6. The van der Waals surface area contributed by atoms with E-state index >= 15 is 0 Å². The van der Waals surface area contributed by atoms with Gasteiger partial charge in [-0.15, -0.1) is 58.3 Å². The molecule has 0 radical (unpaired) electrons. The van der Waals surface area contributed by atoms with Crippen molar-refractivity contribution in [2.24, 2.45) is 0 Å². The maximum atomic E-state index is 3.47. The van der Waals surface area contributed by atoms with Crippen molar-refractivity contribution in [3.8, 4) is 33.4 Å². The topological polar surface area (TPSA) is 0 Å². The van der Waals surface area contributed by atoms with Crippen LogP contribution in [0.2, 0.25) is 13.1 Å². The molecule has 0 spiro atoms. The van der Waals surface area contributed by atoms with Crippen molar-refractivity contribution in [2.45, 2.75) is 39.3 Å². The summed E-state index contributed by atoms with van der Waals surface area (Å²) in [6.45, 7) is 8.94. The second kappa shape index (κ2) is 19.3. The third-order valence-corrected chi connectivity index (χ3v) is 8.78. The molecule has 0 aromatic heterocycles. The predicted octanol–water partition coefficient (Wildman–Crippen LogP) is 7.01. The van der Waals surface area contributed by atoms with Crippen LogP contribution in [0.4, 0.5) is 0 Å². The molecular formula is C47H42Cl2HfSi-2. The molecule has 6 aromatic carbocycles. The Balaban J connectivity index is 0.000000200. The summed E-state index contributed by atoms with van der Waals surface area (Å²) in [5.41, 5.74) is 14.5. The largest absolute Gasteiger partial charge is 1.00 e. The Morgan fingerprint density at radius 1 is 0.667 bits per heavy atom. The van der Waals surface area contributed by atoms with E-state index in [0.717, 1.165) is 6.42 Å². The molecule has 8 rings (SSSR count). The van der Waals surface area contributed by atoms with E-state index in [1.807, 2.05) is 0 Å². The molecule has 0 saturated heterocycles. The molecule has 2 aliphatic carbocycles. The van der Waals surface area contributed by atoms with E-state index in [-0.39, 0.29) is 30.3 Å². The first-order chi connectivity index (χ1) is 23.9. The molecule has 6 aromatic rings. The van der Waals surface area contributed by atoms with Gasteiger partial charge in [-0.3, -0.25) is 0 Å². The van der Waals surface area contributed by atoms with E-state index in [1.165, 1.54) is 95.0 Å². The van der Waals surface area contributed by atoms with Crippen LogP contribution in [-0.4, -0.2) is 5.49 Å². The Morgan fingerprint density at radius 3 is 1.78 bits per heavy atom. The number of hydrogen-bond donors (Lipinski definition) is 0. The number of fused-ring (bicyclic) bond motifs is 2. The van der Waals surface area contributed by atoms with E-state index in [9.17, 15) is 0 Å². The van der Waals surface area contributed by atoms with Crippen LogP contribution in [0.25, 0.3) is 44.2 Å². The molecule has 1 unspecified atom stereocenters. The van der Waals surface area contributed by atoms with Gasteiger partial charge in [0.05, 0.1) is 0 Å². The van der Waals surface area contributed by atoms with Gasteiger partial charge in [-0.25, -0.2) is 0 Å². The van der Waals surface area contributed by atoms with Crippen molar-refractivity contribution in [1.82, 2.24) is 0 Å². The quantitative estimate of drug-likeness (QED) is 0.132. The van der Waals surface area contributed by atoms with E-state index in [1.54, 1.807) is 0 Å². The standard InChI is InChI=1S/C23H19.C22H17.C2H6Si.2ClH.Hf/c1-17-15-21-9-5-6-10-22(23(21)16-17)20-13-11-19(12-14-20)18-7-3-2-4-8-18;1-16-14-20-8-5-9-21(22(20)15-16)19-12-10-18(11-13-19)17-6-3-2-4-7-17;1-3-2;;;/h2-9,11-14,16,22H,10H2,1H3;2-15H,1H3;1-2H3;2*1H;/q2*-1;;;;+2/p-2. The zero-order chi connectivity index (χ0) is 34.2. The molecule has 0 fully saturated rings. The molecule has 254 valence electrons. The molecule has 0 heterocycles. The molecule has 0 saturated carbocycles. The van der Waals surface area contributed by atoms with Gasteiger partial charge in [-0.2, -0.15) is 23.3 Å². The molecule has 0 bridgehead atoms. The van der Waals surface area contributed by atoms with E-state index in [4.69, 9.17) is 0 Å². The van der Waals surface area contributed by atoms with Crippen molar-refractivity contribution in [3.63, 3.8) is 0 Å². The van der Waals surface area contributed by atoms with E-state index < -0.39 is 0 Å². The third-order valence-electron chi connectivity index (χ3n) is 8.78. The number of rotatable bonds is 4. The summed E-state index contributed by atoms with van der Waals surface area (Å²) < 4.78 is 0. The minimum absolute atomic E-state index is 0. The SMILES string of the molecule is CC1=[C-]C2=CC=CCC(c3ccc(-c4ccccc4)cc3)C2=C1.C[Si](C)=[Hf+2].Cc1cc2c(-c3ccc(-c4ccccc4)cc3)cccc2[cH-]1.[Cl-].[Cl-]. The molecule has 0 aliphatic heterocycles. The number of halogens is 2. The first-order valence-electron chi connectivity index (χ1n) is 17.0. The maximum absolute atomic E-state index is 3.47. The molecule has 2 aliphatic rings. The number of hydrogen-bond acceptors (Lipinski definition) is 0. The van der Waals surface area contributed by atoms with Crippen LogP contribution >= 0.6 is 0 Å². The van der Waals surface area contributed by atoms with Crippen LogP contribution < -0.4 is 24.8 Å². The van der Waals surface area contributed by atoms with Crippen LogP contribution in [0, 0.1) is 13.0 Å². The van der Waals surface area contributed by atoms with Crippen LogP contribution in [0.3, 0.4) is 0 Å². The van der Waals surface area contributed by atoms with Crippen molar-refractivity contribution in [1.29, 1.82) is 0 Å². The summed E-state index contributed by atoms with van der Waals surface area (Å²) in [4.78, 5) is 0. The Morgan fingerprint density at radius 2 is 1.20 bits per heavy atom. The molecule has 0 amide bonds. The van der Waals surface area contributed by atoms with Gasteiger partial charge in [0.1, 0.15) is 0 Å². The van der Waals surface area contributed by atoms with Crippen molar-refractivity contribution >= 4 is 16.3 Å². The maximum Gasteiger partial charge on any atom is -0.0184 e. The third kappa shape index (κ3) is 10.5.